The first-order valence-electron chi connectivity index (χ1n) is 7.00. The summed E-state index contributed by atoms with van der Waals surface area (Å²) in [6.07, 6.45) is 3.91. The number of fused-ring (bicyclic) bond motifs is 1. The van der Waals surface area contributed by atoms with Gasteiger partial charge in [0.1, 0.15) is 18.0 Å². The molecule has 0 aliphatic heterocycles. The number of rotatable bonds is 4. The largest absolute Gasteiger partial charge is 0.348 e. The monoisotopic (exact) mass is 299 g/mol. The van der Waals surface area contributed by atoms with E-state index in [1.165, 1.54) is 29.9 Å². The van der Waals surface area contributed by atoms with E-state index in [0.29, 0.717) is 6.04 Å². The van der Waals surface area contributed by atoms with Crippen LogP contribution < -0.4 is 4.90 Å². The maximum Gasteiger partial charge on any atom is 0.140 e. The minimum Gasteiger partial charge on any atom is -0.348 e. The molecule has 4 rings (SSSR count). The molecule has 0 spiro atoms. The van der Waals surface area contributed by atoms with E-state index >= 15 is 0 Å². The quantitative estimate of drug-likeness (QED) is 0.729. The van der Waals surface area contributed by atoms with E-state index in [2.05, 4.69) is 32.4 Å². The molecule has 1 fully saturated rings. The van der Waals surface area contributed by atoms with Crippen LogP contribution in [0.15, 0.2) is 42.0 Å². The Hall–Kier alpha value is -2.01. The van der Waals surface area contributed by atoms with Crippen LogP contribution in [-0.4, -0.2) is 16.0 Å². The second kappa shape index (κ2) is 5.07. The molecule has 0 radical (unpaired) electrons. The van der Waals surface area contributed by atoms with Crippen molar-refractivity contribution in [2.75, 3.05) is 4.90 Å². The molecule has 21 heavy (non-hydrogen) atoms. The average molecular weight is 299 g/mol. The summed E-state index contributed by atoms with van der Waals surface area (Å²) < 4.78 is 13.6. The summed E-state index contributed by atoms with van der Waals surface area (Å²) in [6.45, 7) is 0.824. The summed E-state index contributed by atoms with van der Waals surface area (Å²) in [6, 6.07) is 9.39. The first-order chi connectivity index (χ1) is 10.3. The van der Waals surface area contributed by atoms with Gasteiger partial charge in [-0.25, -0.2) is 14.4 Å². The van der Waals surface area contributed by atoms with Crippen molar-refractivity contribution in [3.05, 3.63) is 52.7 Å². The van der Waals surface area contributed by atoms with Gasteiger partial charge in [0.15, 0.2) is 0 Å². The predicted molar refractivity (Wildman–Crippen MR) is 83.0 cm³/mol. The highest BCUT2D eigenvalue weighted by molar-refractivity contribution is 7.09. The molecular formula is C16H14FN3S. The van der Waals surface area contributed by atoms with E-state index in [4.69, 9.17) is 0 Å². The number of thiophene rings is 1. The van der Waals surface area contributed by atoms with Gasteiger partial charge in [0, 0.05) is 16.3 Å². The Morgan fingerprint density at radius 3 is 2.90 bits per heavy atom. The Bertz CT molecular complexity index is 768. The van der Waals surface area contributed by atoms with Crippen LogP contribution in [0.2, 0.25) is 0 Å². The normalized spacial score (nSPS) is 14.5. The average Bonchev–Trinajstić information content (AvgIpc) is 3.21. The Morgan fingerprint density at radius 1 is 1.24 bits per heavy atom. The number of anilines is 1. The van der Waals surface area contributed by atoms with Gasteiger partial charge < -0.3 is 4.90 Å². The minimum absolute atomic E-state index is 0.245. The number of hydrogen-bond acceptors (Lipinski definition) is 4. The molecule has 0 atom stereocenters. The van der Waals surface area contributed by atoms with Gasteiger partial charge in [0.05, 0.1) is 12.1 Å². The fraction of sp³-hybridized carbons (Fsp3) is 0.250. The first kappa shape index (κ1) is 12.7. The van der Waals surface area contributed by atoms with E-state index in [1.807, 2.05) is 0 Å². The van der Waals surface area contributed by atoms with Crippen LogP contribution in [-0.2, 0) is 6.54 Å². The van der Waals surface area contributed by atoms with E-state index in [-0.39, 0.29) is 5.82 Å². The van der Waals surface area contributed by atoms with Crippen molar-refractivity contribution in [3.8, 4) is 0 Å². The van der Waals surface area contributed by atoms with Crippen molar-refractivity contribution in [1.82, 2.24) is 9.97 Å². The van der Waals surface area contributed by atoms with Crippen LogP contribution in [0.3, 0.4) is 0 Å². The first-order valence-corrected chi connectivity index (χ1v) is 7.88. The Morgan fingerprint density at radius 2 is 2.14 bits per heavy atom. The topological polar surface area (TPSA) is 29.0 Å². The van der Waals surface area contributed by atoms with Gasteiger partial charge in [-0.15, -0.1) is 11.3 Å². The predicted octanol–water partition coefficient (Wildman–Crippen LogP) is 4.00. The smallest absolute Gasteiger partial charge is 0.140 e. The number of hydrogen-bond donors (Lipinski definition) is 0. The Kier molecular flexibility index (Phi) is 3.07. The third-order valence-electron chi connectivity index (χ3n) is 3.74. The maximum atomic E-state index is 13.6. The van der Waals surface area contributed by atoms with Crippen molar-refractivity contribution in [1.29, 1.82) is 0 Å². The summed E-state index contributed by atoms with van der Waals surface area (Å²) in [5.74, 6) is 0.598. The van der Waals surface area contributed by atoms with Gasteiger partial charge in [-0.1, -0.05) is 6.07 Å². The molecule has 1 saturated carbocycles. The number of benzene rings is 1. The zero-order valence-corrected chi connectivity index (χ0v) is 12.2. The molecule has 0 saturated heterocycles. The second-order valence-electron chi connectivity index (χ2n) is 5.30. The Labute approximate surface area is 126 Å². The van der Waals surface area contributed by atoms with Crippen molar-refractivity contribution in [2.24, 2.45) is 0 Å². The van der Waals surface area contributed by atoms with Crippen molar-refractivity contribution >= 4 is 28.1 Å². The summed E-state index contributed by atoms with van der Waals surface area (Å²) in [5, 5.41) is 2.87. The molecule has 5 heteroatoms. The SMILES string of the molecule is Fc1ccc2ncnc(N(Cc3cccs3)C3CC3)c2c1. The van der Waals surface area contributed by atoms with Gasteiger partial charge in [-0.2, -0.15) is 0 Å². The third-order valence-corrected chi connectivity index (χ3v) is 4.60. The fourth-order valence-corrected chi connectivity index (χ4v) is 3.28. The van der Waals surface area contributed by atoms with Gasteiger partial charge in [0.2, 0.25) is 0 Å². The highest BCUT2D eigenvalue weighted by atomic mass is 32.1. The molecule has 106 valence electrons. The summed E-state index contributed by atoms with van der Waals surface area (Å²) >= 11 is 1.74. The number of halogens is 1. The molecule has 1 aliphatic carbocycles. The van der Waals surface area contributed by atoms with Crippen LogP contribution in [0, 0.1) is 5.82 Å². The summed E-state index contributed by atoms with van der Waals surface area (Å²) in [4.78, 5) is 12.3. The van der Waals surface area contributed by atoms with Gasteiger partial charge in [-0.05, 0) is 42.5 Å². The summed E-state index contributed by atoms with van der Waals surface area (Å²) in [5.41, 5.74) is 0.790. The maximum absolute atomic E-state index is 13.6. The van der Waals surface area contributed by atoms with Crippen LogP contribution in [0.1, 0.15) is 17.7 Å². The lowest BCUT2D eigenvalue weighted by atomic mass is 10.2. The Balaban J connectivity index is 1.80. The molecule has 1 aliphatic rings. The van der Waals surface area contributed by atoms with Crippen LogP contribution in [0.5, 0.6) is 0 Å². The van der Waals surface area contributed by atoms with Crippen molar-refractivity contribution in [2.45, 2.75) is 25.4 Å². The third kappa shape index (κ3) is 2.49. The molecule has 1 aromatic carbocycles. The van der Waals surface area contributed by atoms with Gasteiger partial charge in [0.25, 0.3) is 0 Å². The van der Waals surface area contributed by atoms with E-state index in [9.17, 15) is 4.39 Å². The molecule has 0 unspecified atom stereocenters. The molecule has 0 bridgehead atoms. The lowest BCUT2D eigenvalue weighted by Crippen LogP contribution is -2.25. The second-order valence-corrected chi connectivity index (χ2v) is 6.33. The number of nitrogens with zero attached hydrogens (tertiary/aromatic N) is 3. The highest BCUT2D eigenvalue weighted by Gasteiger charge is 2.31. The molecule has 0 amide bonds. The zero-order chi connectivity index (χ0) is 14.2. The zero-order valence-electron chi connectivity index (χ0n) is 11.4. The summed E-state index contributed by atoms with van der Waals surface area (Å²) in [7, 11) is 0. The molecule has 3 nitrogen and oxygen atoms in total. The minimum atomic E-state index is -0.245. The lowest BCUT2D eigenvalue weighted by molar-refractivity contribution is 0.629. The molecule has 2 heterocycles. The van der Waals surface area contributed by atoms with E-state index in [1.54, 1.807) is 23.7 Å². The molecular weight excluding hydrogens is 285 g/mol. The van der Waals surface area contributed by atoms with Crippen molar-refractivity contribution < 1.29 is 4.39 Å². The molecule has 0 N–H and O–H groups in total. The molecule has 3 aromatic rings. The van der Waals surface area contributed by atoms with E-state index < -0.39 is 0 Å². The van der Waals surface area contributed by atoms with Gasteiger partial charge in [-0.3, -0.25) is 0 Å². The van der Waals surface area contributed by atoms with Crippen molar-refractivity contribution in [3.63, 3.8) is 0 Å². The highest BCUT2D eigenvalue weighted by Crippen LogP contribution is 2.35. The van der Waals surface area contributed by atoms with Crippen LogP contribution >= 0.6 is 11.3 Å². The lowest BCUT2D eigenvalue weighted by Gasteiger charge is -2.24. The van der Waals surface area contributed by atoms with Crippen LogP contribution in [0.4, 0.5) is 10.2 Å². The van der Waals surface area contributed by atoms with E-state index in [0.717, 1.165) is 23.3 Å². The fourth-order valence-electron chi connectivity index (χ4n) is 2.58. The number of aromatic nitrogens is 2. The van der Waals surface area contributed by atoms with Gasteiger partial charge >= 0.3 is 0 Å². The standard InChI is InChI=1S/C16H14FN3S/c17-11-3-6-15-14(8-11)16(19-10-18-15)20(12-4-5-12)9-13-2-1-7-21-13/h1-3,6-8,10,12H,4-5,9H2. The van der Waals surface area contributed by atoms with Crippen LogP contribution in [0.25, 0.3) is 10.9 Å². The molecule has 2 aromatic heterocycles.